The zero-order valence-electron chi connectivity index (χ0n) is 19.0. The fourth-order valence-electron chi connectivity index (χ4n) is 3.66. The number of imide groups is 1. The van der Waals surface area contributed by atoms with Gasteiger partial charge in [-0.2, -0.15) is 0 Å². The summed E-state index contributed by atoms with van der Waals surface area (Å²) in [6, 6.07) is 14.4. The summed E-state index contributed by atoms with van der Waals surface area (Å²) >= 11 is 0. The largest absolute Gasteiger partial charge is 0.478 e. The summed E-state index contributed by atoms with van der Waals surface area (Å²) in [5.74, 6) is -0.695. The summed E-state index contributed by atoms with van der Waals surface area (Å²) in [6.07, 6.45) is 2.06. The third-order valence-corrected chi connectivity index (χ3v) is 5.77. The van der Waals surface area contributed by atoms with E-state index in [1.54, 1.807) is 19.2 Å². The quantitative estimate of drug-likeness (QED) is 0.598. The van der Waals surface area contributed by atoms with E-state index >= 15 is 0 Å². The zero-order valence-corrected chi connectivity index (χ0v) is 19.0. The second-order valence-corrected chi connectivity index (χ2v) is 8.77. The smallest absolute Gasteiger partial charge is 0.347 e. The first-order valence-corrected chi connectivity index (χ1v) is 10.7. The van der Waals surface area contributed by atoms with E-state index in [-0.39, 0.29) is 18.5 Å². The molecule has 3 rings (SSSR count). The van der Waals surface area contributed by atoms with E-state index in [0.717, 1.165) is 29.5 Å². The van der Waals surface area contributed by atoms with Crippen LogP contribution >= 0.6 is 0 Å². The minimum Gasteiger partial charge on any atom is -0.478 e. The van der Waals surface area contributed by atoms with Crippen LogP contribution in [0.15, 0.2) is 48.5 Å². The lowest BCUT2D eigenvalue weighted by Gasteiger charge is -2.21. The zero-order chi connectivity index (χ0) is 23.5. The number of hydrogen-bond donors (Lipinski definition) is 1. The maximum Gasteiger partial charge on any atom is 0.347 e. The number of carboxylic acids is 1. The van der Waals surface area contributed by atoms with Gasteiger partial charge in [-0.05, 0) is 63.3 Å². The van der Waals surface area contributed by atoms with Gasteiger partial charge in [0.2, 0.25) is 0 Å². The van der Waals surface area contributed by atoms with Gasteiger partial charge in [0.25, 0.3) is 5.91 Å². The first kappa shape index (κ1) is 23.3. The summed E-state index contributed by atoms with van der Waals surface area (Å²) < 4.78 is 5.52. The molecule has 1 aliphatic rings. The lowest BCUT2D eigenvalue weighted by Crippen LogP contribution is -2.37. The number of hydrogen-bond acceptors (Lipinski definition) is 4. The van der Waals surface area contributed by atoms with Gasteiger partial charge in [-0.15, -0.1) is 0 Å². The standard InChI is InChI=1S/C25H30N2O5/c1-17-8-10-19(11-9-17)16-27-22(28)21(26(4)24(27)31)7-5-6-18-12-14-20(15-13-18)32-25(2,3)23(29)30/h8-15,21H,5-7,16H2,1-4H3,(H,29,30). The van der Waals surface area contributed by atoms with E-state index in [1.165, 1.54) is 23.6 Å². The van der Waals surface area contributed by atoms with Crippen molar-refractivity contribution in [1.82, 2.24) is 9.80 Å². The number of carboxylic acid groups (broad SMARTS) is 1. The normalized spacial score (nSPS) is 16.6. The molecule has 0 aliphatic carbocycles. The van der Waals surface area contributed by atoms with Crippen molar-refractivity contribution in [2.45, 2.75) is 58.2 Å². The Bertz CT molecular complexity index is 982. The van der Waals surface area contributed by atoms with Crippen LogP contribution in [0.25, 0.3) is 0 Å². The van der Waals surface area contributed by atoms with Crippen molar-refractivity contribution in [1.29, 1.82) is 0 Å². The van der Waals surface area contributed by atoms with Crippen molar-refractivity contribution >= 4 is 17.9 Å². The minimum absolute atomic E-state index is 0.155. The maximum atomic E-state index is 12.9. The van der Waals surface area contributed by atoms with Crippen LogP contribution in [0.2, 0.25) is 0 Å². The molecular weight excluding hydrogens is 408 g/mol. The van der Waals surface area contributed by atoms with Gasteiger partial charge < -0.3 is 14.7 Å². The Morgan fingerprint density at radius 2 is 1.62 bits per heavy atom. The van der Waals surface area contributed by atoms with Gasteiger partial charge in [0, 0.05) is 7.05 Å². The van der Waals surface area contributed by atoms with Gasteiger partial charge in [-0.1, -0.05) is 42.0 Å². The molecule has 1 aliphatic heterocycles. The number of aliphatic carboxylic acids is 1. The summed E-state index contributed by atoms with van der Waals surface area (Å²) in [5.41, 5.74) is 1.82. The van der Waals surface area contributed by atoms with Crippen LogP contribution in [0.1, 0.15) is 43.4 Å². The Morgan fingerprint density at radius 3 is 2.22 bits per heavy atom. The Morgan fingerprint density at radius 1 is 1.03 bits per heavy atom. The molecule has 32 heavy (non-hydrogen) atoms. The van der Waals surface area contributed by atoms with Crippen LogP contribution in [0, 0.1) is 6.92 Å². The molecule has 0 saturated carbocycles. The van der Waals surface area contributed by atoms with Crippen LogP contribution in [0.3, 0.4) is 0 Å². The van der Waals surface area contributed by atoms with Gasteiger partial charge in [0.15, 0.2) is 5.60 Å². The highest BCUT2D eigenvalue weighted by molar-refractivity contribution is 6.03. The predicted octanol–water partition coefficient (Wildman–Crippen LogP) is 4.02. The number of urea groups is 1. The maximum absolute atomic E-state index is 12.9. The molecule has 1 atom stereocenters. The van der Waals surface area contributed by atoms with Crippen LogP contribution in [-0.2, 0) is 22.6 Å². The molecule has 1 fully saturated rings. The van der Waals surface area contributed by atoms with Crippen molar-refractivity contribution in [2.75, 3.05) is 7.05 Å². The molecule has 1 unspecified atom stereocenters. The number of rotatable bonds is 9. The second kappa shape index (κ2) is 9.42. The lowest BCUT2D eigenvalue weighted by atomic mass is 10.0. The van der Waals surface area contributed by atoms with Gasteiger partial charge in [0.05, 0.1) is 6.54 Å². The molecule has 2 aromatic carbocycles. The number of carbonyl (C=O) groups excluding carboxylic acids is 2. The molecule has 0 aromatic heterocycles. The fraction of sp³-hybridized carbons (Fsp3) is 0.400. The summed E-state index contributed by atoms with van der Waals surface area (Å²) in [7, 11) is 1.68. The van der Waals surface area contributed by atoms with Crippen molar-refractivity contribution in [3.8, 4) is 5.75 Å². The number of benzene rings is 2. The van der Waals surface area contributed by atoms with E-state index in [4.69, 9.17) is 9.84 Å². The highest BCUT2D eigenvalue weighted by Gasteiger charge is 2.42. The van der Waals surface area contributed by atoms with Crippen LogP contribution < -0.4 is 4.74 Å². The number of aryl methyl sites for hydroxylation is 2. The van der Waals surface area contributed by atoms with Crippen molar-refractivity contribution in [2.24, 2.45) is 0 Å². The molecule has 3 amide bonds. The van der Waals surface area contributed by atoms with Crippen molar-refractivity contribution in [3.05, 3.63) is 65.2 Å². The second-order valence-electron chi connectivity index (χ2n) is 8.77. The van der Waals surface area contributed by atoms with Gasteiger partial charge >= 0.3 is 12.0 Å². The average molecular weight is 439 g/mol. The Kier molecular flexibility index (Phi) is 6.87. The highest BCUT2D eigenvalue weighted by Crippen LogP contribution is 2.24. The molecule has 1 heterocycles. The highest BCUT2D eigenvalue weighted by atomic mass is 16.5. The average Bonchev–Trinajstić information content (AvgIpc) is 2.94. The fourth-order valence-corrected chi connectivity index (χ4v) is 3.66. The Balaban J connectivity index is 1.54. The summed E-state index contributed by atoms with van der Waals surface area (Å²) in [6.45, 7) is 5.29. The molecule has 2 aromatic rings. The molecule has 0 bridgehead atoms. The van der Waals surface area contributed by atoms with E-state index in [9.17, 15) is 14.4 Å². The van der Waals surface area contributed by atoms with E-state index < -0.39 is 17.6 Å². The van der Waals surface area contributed by atoms with Gasteiger partial charge in [-0.3, -0.25) is 9.69 Å². The summed E-state index contributed by atoms with van der Waals surface area (Å²) in [5, 5.41) is 9.17. The van der Waals surface area contributed by atoms with Gasteiger partial charge in [0.1, 0.15) is 11.8 Å². The number of amides is 3. The number of likely N-dealkylation sites (N-methyl/N-ethyl adjacent to an activating group) is 1. The van der Waals surface area contributed by atoms with Crippen molar-refractivity contribution < 1.29 is 24.2 Å². The Labute approximate surface area is 188 Å². The molecule has 1 N–H and O–H groups in total. The first-order valence-electron chi connectivity index (χ1n) is 10.7. The molecule has 0 radical (unpaired) electrons. The monoisotopic (exact) mass is 438 g/mol. The van der Waals surface area contributed by atoms with Crippen molar-refractivity contribution in [3.63, 3.8) is 0 Å². The van der Waals surface area contributed by atoms with E-state index in [0.29, 0.717) is 12.2 Å². The molecule has 1 saturated heterocycles. The van der Waals surface area contributed by atoms with E-state index in [2.05, 4.69) is 0 Å². The summed E-state index contributed by atoms with van der Waals surface area (Å²) in [4.78, 5) is 39.5. The third-order valence-electron chi connectivity index (χ3n) is 5.77. The van der Waals surface area contributed by atoms with Crippen LogP contribution in [0.4, 0.5) is 4.79 Å². The number of ether oxygens (including phenoxy) is 1. The molecular formula is C25H30N2O5. The minimum atomic E-state index is -1.30. The van der Waals surface area contributed by atoms with Crippen LogP contribution in [0.5, 0.6) is 5.75 Å². The van der Waals surface area contributed by atoms with E-state index in [1.807, 2.05) is 43.3 Å². The molecule has 7 nitrogen and oxygen atoms in total. The van der Waals surface area contributed by atoms with Crippen LogP contribution in [-0.4, -0.2) is 51.5 Å². The molecule has 0 spiro atoms. The Hall–Kier alpha value is -3.35. The molecule has 7 heteroatoms. The van der Waals surface area contributed by atoms with Gasteiger partial charge in [-0.25, -0.2) is 9.59 Å². The predicted molar refractivity (Wildman–Crippen MR) is 120 cm³/mol. The first-order chi connectivity index (χ1) is 15.1. The molecule has 170 valence electrons. The number of carbonyl (C=O) groups is 3. The topological polar surface area (TPSA) is 87.2 Å². The SMILES string of the molecule is Cc1ccc(CN2C(=O)C(CCCc3ccc(OC(C)(C)C(=O)O)cc3)N(C)C2=O)cc1. The number of nitrogens with zero attached hydrogens (tertiary/aromatic N) is 2. The lowest BCUT2D eigenvalue weighted by molar-refractivity contribution is -0.152. The third kappa shape index (κ3) is 5.28.